The molecule has 1 atom stereocenters. The molecule has 1 aliphatic heterocycles. The van der Waals surface area contributed by atoms with E-state index in [0.717, 1.165) is 24.1 Å². The van der Waals surface area contributed by atoms with Gasteiger partial charge in [-0.2, -0.15) is 0 Å². The number of halogens is 3. The number of benzene rings is 2. The minimum atomic E-state index is -0.292. The van der Waals surface area contributed by atoms with Crippen molar-refractivity contribution in [3.05, 3.63) is 57.8 Å². The third-order valence-electron chi connectivity index (χ3n) is 4.09. The van der Waals surface area contributed by atoms with Crippen molar-refractivity contribution in [2.24, 2.45) is 0 Å². The topological polar surface area (TPSA) is 29.5 Å². The molecule has 0 spiro atoms. The summed E-state index contributed by atoms with van der Waals surface area (Å²) in [5.41, 5.74) is 1.58. The van der Waals surface area contributed by atoms with Crippen LogP contribution in [0.25, 0.3) is 0 Å². The van der Waals surface area contributed by atoms with Crippen LogP contribution >= 0.6 is 23.2 Å². The highest BCUT2D eigenvalue weighted by Crippen LogP contribution is 2.32. The van der Waals surface area contributed by atoms with E-state index in [2.05, 4.69) is 0 Å². The molecule has 3 nitrogen and oxygen atoms in total. The van der Waals surface area contributed by atoms with Crippen molar-refractivity contribution in [1.82, 2.24) is 0 Å². The molecule has 0 N–H and O–H groups in total. The molecule has 1 amide bonds. The Morgan fingerprint density at radius 3 is 2.83 bits per heavy atom. The van der Waals surface area contributed by atoms with Gasteiger partial charge in [0, 0.05) is 16.8 Å². The lowest BCUT2D eigenvalue weighted by Crippen LogP contribution is -2.44. The molecular weight excluding hydrogens is 352 g/mol. The van der Waals surface area contributed by atoms with Crippen LogP contribution in [0.3, 0.4) is 0 Å². The van der Waals surface area contributed by atoms with Crippen molar-refractivity contribution >= 4 is 34.8 Å². The van der Waals surface area contributed by atoms with Crippen LogP contribution in [-0.2, 0) is 11.2 Å². The lowest BCUT2D eigenvalue weighted by molar-refractivity contribution is -0.121. The van der Waals surface area contributed by atoms with Crippen LogP contribution in [0.1, 0.15) is 18.9 Å². The van der Waals surface area contributed by atoms with Crippen molar-refractivity contribution in [3.8, 4) is 5.75 Å². The van der Waals surface area contributed by atoms with Gasteiger partial charge in [-0.3, -0.25) is 4.79 Å². The highest BCUT2D eigenvalue weighted by atomic mass is 35.5. The predicted molar refractivity (Wildman–Crippen MR) is 93.6 cm³/mol. The SMILES string of the molecule is C[C@H]1CCc2cc(F)ccc2N1C(=O)COc1ccc(Cl)cc1Cl. The quantitative estimate of drug-likeness (QED) is 0.773. The summed E-state index contributed by atoms with van der Waals surface area (Å²) in [5, 5.41) is 0.851. The molecule has 0 fully saturated rings. The number of fused-ring (bicyclic) bond motifs is 1. The van der Waals surface area contributed by atoms with Crippen molar-refractivity contribution in [1.29, 1.82) is 0 Å². The molecule has 0 saturated carbocycles. The zero-order valence-corrected chi connectivity index (χ0v) is 14.6. The molecular formula is C18H16Cl2FNO2. The summed E-state index contributed by atoms with van der Waals surface area (Å²) in [6.45, 7) is 1.82. The van der Waals surface area contributed by atoms with Crippen LogP contribution < -0.4 is 9.64 Å². The summed E-state index contributed by atoms with van der Waals surface area (Å²) < 4.78 is 19.0. The molecule has 1 aliphatic rings. The number of anilines is 1. The van der Waals surface area contributed by atoms with E-state index in [-0.39, 0.29) is 24.4 Å². The van der Waals surface area contributed by atoms with Gasteiger partial charge in [-0.05, 0) is 61.7 Å². The number of carbonyl (C=O) groups is 1. The zero-order chi connectivity index (χ0) is 17.3. The standard InChI is InChI=1S/C18H16Cl2FNO2/c1-11-2-3-12-8-14(21)5-6-16(12)22(11)18(23)10-24-17-7-4-13(19)9-15(17)20/h4-9,11H,2-3,10H2,1H3/t11-/m0/s1. The molecule has 0 bridgehead atoms. The molecule has 6 heteroatoms. The maximum absolute atomic E-state index is 13.4. The van der Waals surface area contributed by atoms with E-state index in [1.54, 1.807) is 29.2 Å². The Kier molecular flexibility index (Phi) is 4.97. The van der Waals surface area contributed by atoms with Gasteiger partial charge >= 0.3 is 0 Å². The van der Waals surface area contributed by atoms with Gasteiger partial charge in [-0.25, -0.2) is 4.39 Å². The number of aryl methyl sites for hydroxylation is 1. The third kappa shape index (κ3) is 3.50. The summed E-state index contributed by atoms with van der Waals surface area (Å²) in [6.07, 6.45) is 1.53. The Morgan fingerprint density at radius 2 is 2.08 bits per heavy atom. The van der Waals surface area contributed by atoms with Crippen LogP contribution in [0, 0.1) is 5.82 Å². The molecule has 2 aromatic rings. The molecule has 1 heterocycles. The molecule has 126 valence electrons. The first-order chi connectivity index (χ1) is 11.5. The molecule has 0 aliphatic carbocycles. The number of ether oxygens (including phenoxy) is 1. The highest BCUT2D eigenvalue weighted by Gasteiger charge is 2.28. The van der Waals surface area contributed by atoms with E-state index in [9.17, 15) is 9.18 Å². The van der Waals surface area contributed by atoms with Crippen LogP contribution in [-0.4, -0.2) is 18.6 Å². The van der Waals surface area contributed by atoms with Gasteiger partial charge in [-0.15, -0.1) is 0 Å². The fourth-order valence-electron chi connectivity index (χ4n) is 2.90. The maximum Gasteiger partial charge on any atom is 0.265 e. The molecule has 0 aromatic heterocycles. The summed E-state index contributed by atoms with van der Waals surface area (Å²) in [5.74, 6) is -0.0839. The lowest BCUT2D eigenvalue weighted by Gasteiger charge is -2.35. The van der Waals surface area contributed by atoms with Crippen molar-refractivity contribution in [2.75, 3.05) is 11.5 Å². The Bertz CT molecular complexity index is 782. The smallest absolute Gasteiger partial charge is 0.265 e. The Labute approximate surface area is 149 Å². The highest BCUT2D eigenvalue weighted by molar-refractivity contribution is 6.35. The summed E-state index contributed by atoms with van der Waals surface area (Å²) >= 11 is 11.9. The largest absolute Gasteiger partial charge is 0.482 e. The average molecular weight is 368 g/mol. The third-order valence-corrected chi connectivity index (χ3v) is 4.62. The fourth-order valence-corrected chi connectivity index (χ4v) is 3.36. The molecule has 3 rings (SSSR count). The van der Waals surface area contributed by atoms with Crippen molar-refractivity contribution in [2.45, 2.75) is 25.8 Å². The van der Waals surface area contributed by atoms with Crippen LogP contribution in [0.2, 0.25) is 10.0 Å². The van der Waals surface area contributed by atoms with Gasteiger partial charge in [0.1, 0.15) is 11.6 Å². The number of hydrogen-bond acceptors (Lipinski definition) is 2. The Hall–Kier alpha value is -1.78. The minimum Gasteiger partial charge on any atom is -0.482 e. The van der Waals surface area contributed by atoms with E-state index in [0.29, 0.717) is 15.8 Å². The second kappa shape index (κ2) is 6.99. The van der Waals surface area contributed by atoms with E-state index in [4.69, 9.17) is 27.9 Å². The van der Waals surface area contributed by atoms with E-state index in [1.165, 1.54) is 12.1 Å². The van der Waals surface area contributed by atoms with Gasteiger partial charge in [0.05, 0.1) is 5.02 Å². The number of amides is 1. The van der Waals surface area contributed by atoms with Crippen LogP contribution in [0.4, 0.5) is 10.1 Å². The van der Waals surface area contributed by atoms with Gasteiger partial charge in [-0.1, -0.05) is 23.2 Å². The summed E-state index contributed by atoms with van der Waals surface area (Å²) in [6, 6.07) is 9.36. The van der Waals surface area contributed by atoms with Crippen LogP contribution in [0.15, 0.2) is 36.4 Å². The van der Waals surface area contributed by atoms with Crippen molar-refractivity contribution in [3.63, 3.8) is 0 Å². The first-order valence-corrected chi connectivity index (χ1v) is 8.39. The van der Waals surface area contributed by atoms with E-state index < -0.39 is 0 Å². The average Bonchev–Trinajstić information content (AvgIpc) is 2.54. The van der Waals surface area contributed by atoms with E-state index in [1.807, 2.05) is 6.92 Å². The molecule has 0 unspecified atom stereocenters. The van der Waals surface area contributed by atoms with Gasteiger partial charge in [0.2, 0.25) is 0 Å². The van der Waals surface area contributed by atoms with Crippen LogP contribution in [0.5, 0.6) is 5.75 Å². The van der Waals surface area contributed by atoms with Gasteiger partial charge in [0.25, 0.3) is 5.91 Å². The maximum atomic E-state index is 13.4. The number of hydrogen-bond donors (Lipinski definition) is 0. The lowest BCUT2D eigenvalue weighted by atomic mass is 9.96. The second-order valence-corrected chi connectivity index (χ2v) is 6.63. The minimum absolute atomic E-state index is 0.0275. The first-order valence-electron chi connectivity index (χ1n) is 7.64. The fraction of sp³-hybridized carbons (Fsp3) is 0.278. The summed E-state index contributed by atoms with van der Waals surface area (Å²) in [4.78, 5) is 14.3. The Balaban J connectivity index is 1.77. The second-order valence-electron chi connectivity index (χ2n) is 5.79. The van der Waals surface area contributed by atoms with Gasteiger partial charge in [0.15, 0.2) is 6.61 Å². The molecule has 24 heavy (non-hydrogen) atoms. The Morgan fingerprint density at radius 1 is 1.29 bits per heavy atom. The first kappa shape index (κ1) is 17.1. The van der Waals surface area contributed by atoms with E-state index >= 15 is 0 Å². The van der Waals surface area contributed by atoms with Gasteiger partial charge < -0.3 is 9.64 Å². The predicted octanol–water partition coefficient (Wildman–Crippen LogP) is 4.88. The molecule has 0 saturated heterocycles. The monoisotopic (exact) mass is 367 g/mol. The number of nitrogens with zero attached hydrogens (tertiary/aromatic N) is 1. The zero-order valence-electron chi connectivity index (χ0n) is 13.1. The van der Waals surface area contributed by atoms with Crippen molar-refractivity contribution < 1.29 is 13.9 Å². The normalized spacial score (nSPS) is 16.7. The number of carbonyl (C=O) groups excluding carboxylic acids is 1. The summed E-state index contributed by atoms with van der Waals surface area (Å²) in [7, 11) is 0. The number of rotatable bonds is 3. The molecule has 0 radical (unpaired) electrons. The molecule has 2 aromatic carbocycles.